The van der Waals surface area contributed by atoms with Crippen molar-refractivity contribution in [3.8, 4) is 5.75 Å². The van der Waals surface area contributed by atoms with E-state index in [2.05, 4.69) is 5.32 Å². The second kappa shape index (κ2) is 6.27. The minimum absolute atomic E-state index is 0.0280. The largest absolute Gasteiger partial charge is 0.497 e. The van der Waals surface area contributed by atoms with E-state index in [9.17, 15) is 4.79 Å². The lowest BCUT2D eigenvalue weighted by Gasteiger charge is -2.32. The van der Waals surface area contributed by atoms with E-state index < -0.39 is 0 Å². The summed E-state index contributed by atoms with van der Waals surface area (Å²) in [5.41, 5.74) is 6.22. The van der Waals surface area contributed by atoms with Gasteiger partial charge in [-0.25, -0.2) is 4.79 Å². The van der Waals surface area contributed by atoms with Crippen LogP contribution in [-0.2, 0) is 0 Å². The van der Waals surface area contributed by atoms with Crippen LogP contribution in [0.3, 0.4) is 0 Å². The number of nitrogens with one attached hydrogen (secondary N) is 2. The molecule has 1 aliphatic rings. The van der Waals surface area contributed by atoms with Gasteiger partial charge in [0, 0.05) is 30.8 Å². The molecule has 0 spiro atoms. The van der Waals surface area contributed by atoms with Gasteiger partial charge in [0.1, 0.15) is 5.75 Å². The Balaban J connectivity index is 1.98. The number of urea groups is 1. The molecule has 1 unspecified atom stereocenters. The quantitative estimate of drug-likeness (QED) is 0.581. The highest BCUT2D eigenvalue weighted by Crippen LogP contribution is 2.20. The maximum absolute atomic E-state index is 12.2. The van der Waals surface area contributed by atoms with Gasteiger partial charge in [0.15, 0.2) is 0 Å². The zero-order valence-electron chi connectivity index (χ0n) is 11.6. The van der Waals surface area contributed by atoms with Gasteiger partial charge in [-0.2, -0.15) is 0 Å². The highest BCUT2D eigenvalue weighted by molar-refractivity contribution is 5.90. The van der Waals surface area contributed by atoms with E-state index in [1.54, 1.807) is 18.1 Å². The van der Waals surface area contributed by atoms with Gasteiger partial charge in [-0.3, -0.25) is 5.41 Å². The maximum Gasteiger partial charge on any atom is 0.321 e. The number of amides is 2. The first-order valence-electron chi connectivity index (χ1n) is 6.64. The minimum Gasteiger partial charge on any atom is -0.497 e. The molecule has 0 aliphatic carbocycles. The SMILES string of the molecule is COc1cccc(NC(=O)N2CCCC(C(=N)N)C2)c1. The number of hydrogen-bond acceptors (Lipinski definition) is 3. The summed E-state index contributed by atoms with van der Waals surface area (Å²) in [4.78, 5) is 13.9. The van der Waals surface area contributed by atoms with Crippen LogP contribution in [0.2, 0.25) is 0 Å². The predicted molar refractivity (Wildman–Crippen MR) is 78.2 cm³/mol. The Kier molecular flexibility index (Phi) is 4.45. The Bertz CT molecular complexity index is 504. The van der Waals surface area contributed by atoms with Crippen molar-refractivity contribution in [1.29, 1.82) is 5.41 Å². The molecule has 108 valence electrons. The zero-order chi connectivity index (χ0) is 14.5. The number of anilines is 1. The summed E-state index contributed by atoms with van der Waals surface area (Å²) in [5.74, 6) is 0.826. The predicted octanol–water partition coefficient (Wildman–Crippen LogP) is 1.88. The number of carbonyl (C=O) groups excluding carboxylic acids is 1. The van der Waals surface area contributed by atoms with Crippen molar-refractivity contribution in [2.75, 3.05) is 25.5 Å². The fourth-order valence-corrected chi connectivity index (χ4v) is 2.32. The third-order valence-corrected chi connectivity index (χ3v) is 3.47. The van der Waals surface area contributed by atoms with Crippen molar-refractivity contribution in [1.82, 2.24) is 4.90 Å². The second-order valence-corrected chi connectivity index (χ2v) is 4.90. The molecule has 20 heavy (non-hydrogen) atoms. The lowest BCUT2D eigenvalue weighted by atomic mass is 9.97. The molecule has 1 atom stereocenters. The molecule has 1 aromatic carbocycles. The molecular weight excluding hydrogens is 256 g/mol. The maximum atomic E-state index is 12.2. The smallest absolute Gasteiger partial charge is 0.321 e. The molecular formula is C14H20N4O2. The summed E-state index contributed by atoms with van der Waals surface area (Å²) in [6.07, 6.45) is 1.74. The lowest BCUT2D eigenvalue weighted by molar-refractivity contribution is 0.191. The number of methoxy groups -OCH3 is 1. The number of rotatable bonds is 3. The molecule has 4 N–H and O–H groups in total. The number of benzene rings is 1. The van der Waals surface area contributed by atoms with Crippen molar-refractivity contribution in [3.63, 3.8) is 0 Å². The van der Waals surface area contributed by atoms with Gasteiger partial charge in [0.25, 0.3) is 0 Å². The van der Waals surface area contributed by atoms with Gasteiger partial charge in [0.2, 0.25) is 0 Å². The molecule has 0 radical (unpaired) electrons. The molecule has 1 aromatic rings. The van der Waals surface area contributed by atoms with E-state index in [1.807, 2.05) is 18.2 Å². The van der Waals surface area contributed by atoms with Crippen molar-refractivity contribution in [2.24, 2.45) is 11.7 Å². The van der Waals surface area contributed by atoms with Crippen molar-refractivity contribution in [3.05, 3.63) is 24.3 Å². The second-order valence-electron chi connectivity index (χ2n) is 4.90. The van der Waals surface area contributed by atoms with Gasteiger partial charge in [-0.05, 0) is 25.0 Å². The molecule has 2 amide bonds. The summed E-state index contributed by atoms with van der Waals surface area (Å²) in [5, 5.41) is 10.3. The average Bonchev–Trinajstić information content (AvgIpc) is 2.47. The van der Waals surface area contributed by atoms with E-state index in [0.29, 0.717) is 24.5 Å². The Labute approximate surface area is 118 Å². The molecule has 2 rings (SSSR count). The number of nitrogens with zero attached hydrogens (tertiary/aromatic N) is 1. The molecule has 6 heteroatoms. The third kappa shape index (κ3) is 3.40. The molecule has 1 heterocycles. The van der Waals surface area contributed by atoms with E-state index >= 15 is 0 Å². The normalized spacial score (nSPS) is 18.4. The first-order chi connectivity index (χ1) is 9.60. The molecule has 0 bridgehead atoms. The zero-order valence-corrected chi connectivity index (χ0v) is 11.6. The Morgan fingerprint density at radius 2 is 2.35 bits per heavy atom. The average molecular weight is 276 g/mol. The highest BCUT2D eigenvalue weighted by Gasteiger charge is 2.25. The molecule has 1 saturated heterocycles. The van der Waals surface area contributed by atoms with E-state index in [0.717, 1.165) is 12.8 Å². The van der Waals surface area contributed by atoms with Crippen LogP contribution in [0.1, 0.15) is 12.8 Å². The number of amidine groups is 1. The van der Waals surface area contributed by atoms with E-state index in [4.69, 9.17) is 15.9 Å². The fourth-order valence-electron chi connectivity index (χ4n) is 2.32. The Hall–Kier alpha value is -2.24. The van der Waals surface area contributed by atoms with Crippen molar-refractivity contribution >= 4 is 17.6 Å². The number of carbonyl (C=O) groups is 1. The molecule has 0 aromatic heterocycles. The van der Waals surface area contributed by atoms with Gasteiger partial charge in [-0.15, -0.1) is 0 Å². The molecule has 1 fully saturated rings. The van der Waals surface area contributed by atoms with Crippen LogP contribution in [0.5, 0.6) is 5.75 Å². The first-order valence-corrected chi connectivity index (χ1v) is 6.64. The topological polar surface area (TPSA) is 91.4 Å². The monoisotopic (exact) mass is 276 g/mol. The van der Waals surface area contributed by atoms with Crippen LogP contribution < -0.4 is 15.8 Å². The number of hydrogen-bond donors (Lipinski definition) is 3. The summed E-state index contributed by atoms with van der Waals surface area (Å²) >= 11 is 0. The molecule has 6 nitrogen and oxygen atoms in total. The number of ether oxygens (including phenoxy) is 1. The van der Waals surface area contributed by atoms with Crippen LogP contribution in [0.4, 0.5) is 10.5 Å². The van der Waals surface area contributed by atoms with Gasteiger partial charge < -0.3 is 20.7 Å². The van der Waals surface area contributed by atoms with E-state index in [-0.39, 0.29) is 17.8 Å². The van der Waals surface area contributed by atoms with E-state index in [1.165, 1.54) is 0 Å². The van der Waals surface area contributed by atoms with Crippen LogP contribution in [0.25, 0.3) is 0 Å². The minimum atomic E-state index is -0.163. The van der Waals surface area contributed by atoms with Crippen molar-refractivity contribution in [2.45, 2.75) is 12.8 Å². The standard InChI is InChI=1S/C14H20N4O2/c1-20-12-6-2-5-11(8-12)17-14(19)18-7-3-4-10(9-18)13(15)16/h2,5-6,8,10H,3-4,7,9H2,1H3,(H3,15,16)(H,17,19). The summed E-state index contributed by atoms with van der Waals surface area (Å²) in [6, 6.07) is 7.06. The van der Waals surface area contributed by atoms with Gasteiger partial charge in [0.05, 0.1) is 12.9 Å². The number of likely N-dealkylation sites (tertiary alicyclic amines) is 1. The summed E-state index contributed by atoms with van der Waals surface area (Å²) < 4.78 is 5.12. The van der Waals surface area contributed by atoms with Crippen LogP contribution >= 0.6 is 0 Å². The van der Waals surface area contributed by atoms with Gasteiger partial charge >= 0.3 is 6.03 Å². The van der Waals surface area contributed by atoms with Gasteiger partial charge in [-0.1, -0.05) is 6.07 Å². The van der Waals surface area contributed by atoms with Crippen LogP contribution in [-0.4, -0.2) is 37.0 Å². The third-order valence-electron chi connectivity index (χ3n) is 3.47. The summed E-state index contributed by atoms with van der Waals surface area (Å²) in [7, 11) is 1.59. The lowest BCUT2D eigenvalue weighted by Crippen LogP contribution is -2.45. The highest BCUT2D eigenvalue weighted by atomic mass is 16.5. The molecule has 0 saturated carbocycles. The molecule has 1 aliphatic heterocycles. The number of piperidine rings is 1. The Morgan fingerprint density at radius 1 is 1.55 bits per heavy atom. The number of nitrogens with two attached hydrogens (primary N) is 1. The first kappa shape index (κ1) is 14.2. The summed E-state index contributed by atoms with van der Waals surface area (Å²) in [6.45, 7) is 1.20. The van der Waals surface area contributed by atoms with Crippen LogP contribution in [0, 0.1) is 11.3 Å². The Morgan fingerprint density at radius 3 is 3.05 bits per heavy atom. The van der Waals surface area contributed by atoms with Crippen LogP contribution in [0.15, 0.2) is 24.3 Å². The van der Waals surface area contributed by atoms with Crippen molar-refractivity contribution < 1.29 is 9.53 Å². The fraction of sp³-hybridized carbons (Fsp3) is 0.429.